The van der Waals surface area contributed by atoms with Crippen molar-refractivity contribution in [3.63, 3.8) is 0 Å². The van der Waals surface area contributed by atoms with Gasteiger partial charge in [-0.25, -0.2) is 0 Å². The first kappa shape index (κ1) is 11.7. The highest BCUT2D eigenvalue weighted by molar-refractivity contribution is 6.74. The summed E-state index contributed by atoms with van der Waals surface area (Å²) in [6.45, 7) is 4.71. The molecule has 88 valence electrons. The van der Waals surface area contributed by atoms with E-state index in [1.54, 1.807) is 0 Å². The van der Waals surface area contributed by atoms with Gasteiger partial charge in [0.1, 0.15) is 0 Å². The van der Waals surface area contributed by atoms with Crippen LogP contribution in [0.2, 0.25) is 18.1 Å². The van der Waals surface area contributed by atoms with Gasteiger partial charge < -0.3 is 4.43 Å². The fraction of sp³-hybridized carbons (Fsp3) is 1.00. The van der Waals surface area contributed by atoms with Crippen molar-refractivity contribution in [1.29, 1.82) is 0 Å². The van der Waals surface area contributed by atoms with Crippen LogP contribution in [0.25, 0.3) is 0 Å². The molecule has 0 aromatic carbocycles. The third kappa shape index (κ3) is 2.65. The van der Waals surface area contributed by atoms with Crippen LogP contribution in [0, 0.1) is 5.92 Å². The summed E-state index contributed by atoms with van der Waals surface area (Å²) in [5.41, 5.74) is 0. The van der Waals surface area contributed by atoms with Crippen LogP contribution in [0.5, 0.6) is 0 Å². The smallest absolute Gasteiger partial charge is 0.192 e. The van der Waals surface area contributed by atoms with Crippen LogP contribution < -0.4 is 0 Å². The maximum absolute atomic E-state index is 6.57. The van der Waals surface area contributed by atoms with Gasteiger partial charge in [-0.05, 0) is 43.8 Å². The van der Waals surface area contributed by atoms with E-state index in [0.717, 1.165) is 5.92 Å². The summed E-state index contributed by atoms with van der Waals surface area (Å²) in [4.78, 5) is 0. The minimum atomic E-state index is -1.24. The molecular weight excluding hydrogens is 200 g/mol. The topological polar surface area (TPSA) is 9.23 Å². The Morgan fingerprint density at radius 2 is 1.73 bits per heavy atom. The lowest BCUT2D eigenvalue weighted by Crippen LogP contribution is -2.39. The Balaban J connectivity index is 1.88. The maximum atomic E-state index is 6.57. The third-order valence-electron chi connectivity index (χ3n) is 4.66. The molecule has 2 rings (SSSR count). The molecular formula is C13H26OSi. The SMILES string of the molecule is CC[Si]1(OC(C)C2CCCC2)CCCC1. The lowest BCUT2D eigenvalue weighted by atomic mass is 10.0. The molecule has 1 aliphatic heterocycles. The summed E-state index contributed by atoms with van der Waals surface area (Å²) in [6, 6.07) is 4.24. The lowest BCUT2D eigenvalue weighted by molar-refractivity contribution is 0.142. The highest BCUT2D eigenvalue weighted by Crippen LogP contribution is 2.38. The van der Waals surface area contributed by atoms with Gasteiger partial charge in [0.25, 0.3) is 0 Å². The minimum Gasteiger partial charge on any atom is -0.414 e. The zero-order valence-electron chi connectivity index (χ0n) is 10.4. The average molecular weight is 226 g/mol. The van der Waals surface area contributed by atoms with Crippen LogP contribution in [0.4, 0.5) is 0 Å². The van der Waals surface area contributed by atoms with Crippen LogP contribution >= 0.6 is 0 Å². The number of hydrogen-bond acceptors (Lipinski definition) is 1. The average Bonchev–Trinajstić information content (AvgIpc) is 2.88. The van der Waals surface area contributed by atoms with Gasteiger partial charge in [-0.15, -0.1) is 0 Å². The first-order chi connectivity index (χ1) is 7.26. The van der Waals surface area contributed by atoms with Crippen LogP contribution in [-0.4, -0.2) is 14.4 Å². The molecule has 1 saturated carbocycles. The molecule has 2 heteroatoms. The fourth-order valence-corrected chi connectivity index (χ4v) is 7.62. The molecule has 2 fully saturated rings. The van der Waals surface area contributed by atoms with Gasteiger partial charge in [0, 0.05) is 6.10 Å². The van der Waals surface area contributed by atoms with Crippen LogP contribution in [-0.2, 0) is 4.43 Å². The molecule has 1 saturated heterocycles. The van der Waals surface area contributed by atoms with E-state index in [1.165, 1.54) is 56.7 Å². The predicted molar refractivity (Wildman–Crippen MR) is 67.6 cm³/mol. The van der Waals surface area contributed by atoms with E-state index >= 15 is 0 Å². The monoisotopic (exact) mass is 226 g/mol. The van der Waals surface area contributed by atoms with Crippen LogP contribution in [0.15, 0.2) is 0 Å². The molecule has 0 radical (unpaired) electrons. The molecule has 1 nitrogen and oxygen atoms in total. The molecule has 2 aliphatic rings. The summed E-state index contributed by atoms with van der Waals surface area (Å²) in [5.74, 6) is 0.890. The van der Waals surface area contributed by atoms with E-state index in [1.807, 2.05) is 0 Å². The molecule has 0 aromatic rings. The van der Waals surface area contributed by atoms with Gasteiger partial charge in [0.05, 0.1) is 0 Å². The molecule has 0 bridgehead atoms. The first-order valence-electron chi connectivity index (χ1n) is 6.93. The van der Waals surface area contributed by atoms with E-state index in [-0.39, 0.29) is 0 Å². The van der Waals surface area contributed by atoms with Gasteiger partial charge in [0.2, 0.25) is 0 Å². The second-order valence-electron chi connectivity index (χ2n) is 5.61. The highest BCUT2D eigenvalue weighted by atomic mass is 28.4. The molecule has 0 spiro atoms. The zero-order chi connectivity index (χ0) is 10.7. The fourth-order valence-electron chi connectivity index (χ4n) is 3.49. The molecule has 1 aliphatic carbocycles. The predicted octanol–water partition coefficient (Wildman–Crippen LogP) is 4.34. The van der Waals surface area contributed by atoms with Crippen molar-refractivity contribution in [3.05, 3.63) is 0 Å². The zero-order valence-corrected chi connectivity index (χ0v) is 11.4. The third-order valence-corrected chi connectivity index (χ3v) is 9.35. The quantitative estimate of drug-likeness (QED) is 0.648. The lowest BCUT2D eigenvalue weighted by Gasteiger charge is -2.32. The van der Waals surface area contributed by atoms with Crippen molar-refractivity contribution >= 4 is 8.32 Å². The van der Waals surface area contributed by atoms with Crippen molar-refractivity contribution in [2.45, 2.75) is 76.6 Å². The molecule has 1 heterocycles. The van der Waals surface area contributed by atoms with Gasteiger partial charge in [-0.3, -0.25) is 0 Å². The van der Waals surface area contributed by atoms with Crippen molar-refractivity contribution in [2.75, 3.05) is 0 Å². The maximum Gasteiger partial charge on any atom is 0.192 e. The van der Waals surface area contributed by atoms with Crippen molar-refractivity contribution < 1.29 is 4.43 Å². The number of hydrogen-bond donors (Lipinski definition) is 0. The number of rotatable bonds is 4. The van der Waals surface area contributed by atoms with E-state index in [4.69, 9.17) is 4.43 Å². The Morgan fingerprint density at radius 3 is 2.27 bits per heavy atom. The Hall–Kier alpha value is 0.177. The van der Waals surface area contributed by atoms with E-state index in [0.29, 0.717) is 6.10 Å². The van der Waals surface area contributed by atoms with E-state index < -0.39 is 8.32 Å². The van der Waals surface area contributed by atoms with Gasteiger partial charge >= 0.3 is 0 Å². The summed E-state index contributed by atoms with van der Waals surface area (Å²) in [7, 11) is -1.24. The minimum absolute atomic E-state index is 0.567. The molecule has 1 atom stereocenters. The largest absolute Gasteiger partial charge is 0.414 e. The van der Waals surface area contributed by atoms with Crippen molar-refractivity contribution in [1.82, 2.24) is 0 Å². The Morgan fingerprint density at radius 1 is 1.13 bits per heavy atom. The molecule has 0 amide bonds. The molecule has 0 aromatic heterocycles. The Kier molecular flexibility index (Phi) is 3.89. The highest BCUT2D eigenvalue weighted by Gasteiger charge is 2.39. The summed E-state index contributed by atoms with van der Waals surface area (Å²) in [5, 5.41) is 0. The summed E-state index contributed by atoms with van der Waals surface area (Å²) in [6.07, 6.45) is 9.19. The van der Waals surface area contributed by atoms with E-state index in [9.17, 15) is 0 Å². The summed E-state index contributed by atoms with van der Waals surface area (Å²) >= 11 is 0. The van der Waals surface area contributed by atoms with Gasteiger partial charge in [-0.1, -0.05) is 32.6 Å². The standard InChI is InChI=1S/C13H26OSi/c1-3-15(10-6-7-11-15)14-12(2)13-8-4-5-9-13/h12-13H,3-11H2,1-2H3. The molecule has 15 heavy (non-hydrogen) atoms. The molecule has 1 unspecified atom stereocenters. The Bertz CT molecular complexity index is 193. The normalized spacial score (nSPS) is 28.4. The van der Waals surface area contributed by atoms with Crippen LogP contribution in [0.1, 0.15) is 52.4 Å². The van der Waals surface area contributed by atoms with Gasteiger partial charge in [-0.2, -0.15) is 0 Å². The van der Waals surface area contributed by atoms with Crippen molar-refractivity contribution in [3.8, 4) is 0 Å². The second-order valence-corrected chi connectivity index (χ2v) is 9.92. The Labute approximate surface area is 95.7 Å². The van der Waals surface area contributed by atoms with Crippen molar-refractivity contribution in [2.24, 2.45) is 5.92 Å². The summed E-state index contributed by atoms with van der Waals surface area (Å²) < 4.78 is 6.57. The van der Waals surface area contributed by atoms with Crippen LogP contribution in [0.3, 0.4) is 0 Å². The molecule has 0 N–H and O–H groups in total. The second kappa shape index (κ2) is 5.01. The van der Waals surface area contributed by atoms with Gasteiger partial charge in [0.15, 0.2) is 8.32 Å². The van der Waals surface area contributed by atoms with E-state index in [2.05, 4.69) is 13.8 Å². The first-order valence-corrected chi connectivity index (χ1v) is 9.46.